The number of amides is 1. The first-order chi connectivity index (χ1) is 18.7. The van der Waals surface area contributed by atoms with Crippen LogP contribution < -0.4 is 10.4 Å². The Morgan fingerprint density at radius 3 is 2.62 bits per heavy atom. The van der Waals surface area contributed by atoms with E-state index < -0.39 is 0 Å². The van der Waals surface area contributed by atoms with Gasteiger partial charge in [0.2, 0.25) is 5.91 Å². The molecule has 1 amide bonds. The van der Waals surface area contributed by atoms with Crippen molar-refractivity contribution in [2.45, 2.75) is 45.8 Å². The van der Waals surface area contributed by atoms with E-state index in [2.05, 4.69) is 21.1 Å². The largest absolute Gasteiger partial charge is 0.489 e. The molecule has 4 aromatic heterocycles. The fourth-order valence-corrected chi connectivity index (χ4v) is 5.14. The summed E-state index contributed by atoms with van der Waals surface area (Å²) in [5.41, 5.74) is 5.98. The van der Waals surface area contributed by atoms with Gasteiger partial charge >= 0.3 is 5.69 Å². The van der Waals surface area contributed by atoms with E-state index in [1.807, 2.05) is 38.2 Å². The Hall–Kier alpha value is -4.47. The van der Waals surface area contributed by atoms with Gasteiger partial charge in [-0.2, -0.15) is 5.10 Å². The number of aryl methyl sites for hydroxylation is 2. The number of carbonyl (C=O) groups excluding carboxylic acids is 1. The zero-order chi connectivity index (χ0) is 27.4. The summed E-state index contributed by atoms with van der Waals surface area (Å²) in [4.78, 5) is 36.7. The molecule has 1 aliphatic carbocycles. The van der Waals surface area contributed by atoms with Crippen LogP contribution in [0.3, 0.4) is 0 Å². The van der Waals surface area contributed by atoms with Crippen molar-refractivity contribution in [2.24, 2.45) is 7.05 Å². The highest BCUT2D eigenvalue weighted by molar-refractivity contribution is 6.04. The summed E-state index contributed by atoms with van der Waals surface area (Å²) in [6.45, 7) is 3.84. The van der Waals surface area contributed by atoms with E-state index >= 15 is 0 Å². The molecule has 1 fully saturated rings. The Kier molecular flexibility index (Phi) is 5.97. The highest BCUT2D eigenvalue weighted by Gasteiger charge is 2.23. The van der Waals surface area contributed by atoms with Gasteiger partial charge in [0.05, 0.1) is 52.1 Å². The van der Waals surface area contributed by atoms with E-state index in [1.165, 1.54) is 11.3 Å². The molecule has 39 heavy (non-hydrogen) atoms. The van der Waals surface area contributed by atoms with E-state index in [4.69, 9.17) is 4.74 Å². The number of hydrogen-bond acceptors (Lipinski definition) is 6. The average Bonchev–Trinajstić information content (AvgIpc) is 3.31. The summed E-state index contributed by atoms with van der Waals surface area (Å²) in [5, 5.41) is 5.46. The van der Waals surface area contributed by atoms with Crippen molar-refractivity contribution in [3.8, 4) is 22.6 Å². The molecule has 1 saturated carbocycles. The Morgan fingerprint density at radius 2 is 1.90 bits per heavy atom. The number of imidazole rings is 1. The van der Waals surface area contributed by atoms with Gasteiger partial charge in [-0.25, -0.2) is 4.79 Å². The van der Waals surface area contributed by atoms with Crippen molar-refractivity contribution < 1.29 is 9.53 Å². The topological polar surface area (TPSA) is 100 Å². The van der Waals surface area contributed by atoms with Crippen LogP contribution in [0, 0.1) is 13.8 Å². The fourth-order valence-electron chi connectivity index (χ4n) is 5.14. The minimum absolute atomic E-state index is 0.0752. The maximum atomic E-state index is 13.7. The molecule has 0 aliphatic heterocycles. The van der Waals surface area contributed by atoms with Crippen molar-refractivity contribution in [3.05, 3.63) is 64.7 Å². The molecule has 0 unspecified atom stereocenters. The van der Waals surface area contributed by atoms with Gasteiger partial charge < -0.3 is 9.64 Å². The van der Waals surface area contributed by atoms with E-state index in [0.29, 0.717) is 16.9 Å². The number of likely N-dealkylation sites (N-methyl/N-ethyl adjacent to an activating group) is 1. The first kappa shape index (κ1) is 24.8. The lowest BCUT2D eigenvalue weighted by molar-refractivity contribution is -0.129. The van der Waals surface area contributed by atoms with Crippen molar-refractivity contribution >= 4 is 27.8 Å². The fraction of sp³-hybridized carbons (Fsp3) is 0.345. The molecule has 1 aliphatic rings. The van der Waals surface area contributed by atoms with Gasteiger partial charge in [0.25, 0.3) is 0 Å². The maximum Gasteiger partial charge on any atom is 0.333 e. The Balaban J connectivity index is 1.53. The lowest BCUT2D eigenvalue weighted by Crippen LogP contribution is -2.27. The van der Waals surface area contributed by atoms with Crippen molar-refractivity contribution in [2.75, 3.05) is 14.1 Å². The number of hydrogen-bond donors (Lipinski definition) is 0. The highest BCUT2D eigenvalue weighted by Crippen LogP contribution is 2.33. The molecule has 1 aromatic carbocycles. The SMILES string of the molecule is Cc1nn(CC(=O)N(C)C)c(C)c1-n1c(=O)n(C)c2cnc3ccc(-c4cncc(OC5CCC5)c4)cc3c21. The molecule has 0 bridgehead atoms. The second-order valence-corrected chi connectivity index (χ2v) is 10.4. The van der Waals surface area contributed by atoms with E-state index in [0.717, 1.165) is 51.8 Å². The molecular formula is C29H31N7O3. The smallest absolute Gasteiger partial charge is 0.333 e. The average molecular weight is 526 g/mol. The normalized spacial score (nSPS) is 13.7. The van der Waals surface area contributed by atoms with Crippen LogP contribution >= 0.6 is 0 Å². The van der Waals surface area contributed by atoms with Crippen LogP contribution in [0.2, 0.25) is 0 Å². The number of nitrogens with zero attached hydrogens (tertiary/aromatic N) is 7. The predicted octanol–water partition coefficient (Wildman–Crippen LogP) is 3.77. The van der Waals surface area contributed by atoms with Crippen molar-refractivity contribution in [1.82, 2.24) is 33.8 Å². The third-order valence-electron chi connectivity index (χ3n) is 7.64. The quantitative estimate of drug-likeness (QED) is 0.335. The Morgan fingerprint density at radius 1 is 1.10 bits per heavy atom. The standard InChI is InChI=1S/C29H31N7O3/c1-17-27(18(2)35(32-17)16-26(37)33(3)4)36-28-23-12-19(9-10-24(23)31-15-25(28)34(5)29(36)38)20-11-22(14-30-13-20)39-21-7-6-8-21/h9-15,21H,6-8,16H2,1-5H3. The maximum absolute atomic E-state index is 13.7. The zero-order valence-electron chi connectivity index (χ0n) is 22.8. The van der Waals surface area contributed by atoms with Gasteiger partial charge in [-0.15, -0.1) is 0 Å². The molecule has 4 heterocycles. The summed E-state index contributed by atoms with van der Waals surface area (Å²) in [6, 6.07) is 8.04. The van der Waals surface area contributed by atoms with Crippen LogP contribution in [0.5, 0.6) is 5.75 Å². The van der Waals surface area contributed by atoms with Gasteiger partial charge in [-0.05, 0) is 56.9 Å². The van der Waals surface area contributed by atoms with Gasteiger partial charge in [-0.3, -0.25) is 28.6 Å². The van der Waals surface area contributed by atoms with Crippen LogP contribution in [-0.2, 0) is 18.4 Å². The first-order valence-corrected chi connectivity index (χ1v) is 13.1. The number of ether oxygens (including phenoxy) is 1. The molecule has 0 N–H and O–H groups in total. The summed E-state index contributed by atoms with van der Waals surface area (Å²) < 4.78 is 11.0. The highest BCUT2D eigenvalue weighted by atomic mass is 16.5. The zero-order valence-corrected chi connectivity index (χ0v) is 22.8. The number of fused-ring (bicyclic) bond motifs is 3. The second-order valence-electron chi connectivity index (χ2n) is 10.4. The molecule has 0 atom stereocenters. The molecule has 5 aromatic rings. The van der Waals surface area contributed by atoms with E-state index in [-0.39, 0.29) is 24.2 Å². The van der Waals surface area contributed by atoms with E-state index in [9.17, 15) is 9.59 Å². The minimum atomic E-state index is -0.202. The Bertz CT molecular complexity index is 1810. The second kappa shape index (κ2) is 9.37. The van der Waals surface area contributed by atoms with Crippen LogP contribution in [0.4, 0.5) is 0 Å². The van der Waals surface area contributed by atoms with Crippen molar-refractivity contribution in [1.29, 1.82) is 0 Å². The molecule has 6 rings (SSSR count). The molecule has 10 heteroatoms. The monoisotopic (exact) mass is 525 g/mol. The molecular weight excluding hydrogens is 494 g/mol. The third kappa shape index (κ3) is 4.16. The number of benzene rings is 1. The number of rotatable bonds is 6. The summed E-state index contributed by atoms with van der Waals surface area (Å²) >= 11 is 0. The van der Waals surface area contributed by atoms with Crippen LogP contribution in [0.25, 0.3) is 38.8 Å². The molecule has 0 saturated heterocycles. The summed E-state index contributed by atoms with van der Waals surface area (Å²) in [5.74, 6) is 0.685. The Labute approximate surface area is 225 Å². The predicted molar refractivity (Wildman–Crippen MR) is 149 cm³/mol. The van der Waals surface area contributed by atoms with Gasteiger partial charge in [0.1, 0.15) is 12.3 Å². The molecule has 0 radical (unpaired) electrons. The number of pyridine rings is 2. The lowest BCUT2D eigenvalue weighted by Gasteiger charge is -2.26. The lowest BCUT2D eigenvalue weighted by atomic mass is 9.96. The minimum Gasteiger partial charge on any atom is -0.489 e. The van der Waals surface area contributed by atoms with Crippen LogP contribution in [0.15, 0.2) is 47.7 Å². The van der Waals surface area contributed by atoms with Crippen LogP contribution in [0.1, 0.15) is 30.7 Å². The first-order valence-electron chi connectivity index (χ1n) is 13.1. The summed E-state index contributed by atoms with van der Waals surface area (Å²) in [7, 11) is 5.17. The van der Waals surface area contributed by atoms with Gasteiger partial charge in [0.15, 0.2) is 0 Å². The molecule has 10 nitrogen and oxygen atoms in total. The van der Waals surface area contributed by atoms with Crippen LogP contribution in [-0.4, -0.2) is 59.9 Å². The molecule has 200 valence electrons. The number of carbonyl (C=O) groups is 1. The van der Waals surface area contributed by atoms with E-state index in [1.54, 1.807) is 47.4 Å². The van der Waals surface area contributed by atoms with Gasteiger partial charge in [0, 0.05) is 38.3 Å². The van der Waals surface area contributed by atoms with Gasteiger partial charge in [-0.1, -0.05) is 6.07 Å². The molecule has 0 spiro atoms. The number of aromatic nitrogens is 6. The van der Waals surface area contributed by atoms with Crippen molar-refractivity contribution in [3.63, 3.8) is 0 Å². The summed E-state index contributed by atoms with van der Waals surface area (Å²) in [6.07, 6.45) is 8.93. The third-order valence-corrected chi connectivity index (χ3v) is 7.64.